The molecule has 1 heterocycles. The first-order valence-corrected chi connectivity index (χ1v) is 6.98. The van der Waals surface area contributed by atoms with E-state index in [0.29, 0.717) is 6.54 Å². The van der Waals surface area contributed by atoms with Gasteiger partial charge in [0.15, 0.2) is 0 Å². The number of rotatable bonds is 4. The molecule has 0 saturated heterocycles. The third kappa shape index (κ3) is 2.87. The molecular formula is C13H15BrClN3. The molecule has 0 fully saturated rings. The van der Waals surface area contributed by atoms with Gasteiger partial charge in [-0.15, -0.1) is 0 Å². The number of benzene rings is 1. The molecule has 0 aliphatic carbocycles. The molecule has 3 nitrogen and oxygen atoms in total. The first-order chi connectivity index (χ1) is 8.61. The molecule has 1 N–H and O–H groups in total. The van der Waals surface area contributed by atoms with Gasteiger partial charge < -0.3 is 5.32 Å². The highest BCUT2D eigenvalue weighted by Crippen LogP contribution is 2.22. The summed E-state index contributed by atoms with van der Waals surface area (Å²) in [4.78, 5) is 0. The van der Waals surface area contributed by atoms with Crippen molar-refractivity contribution in [2.75, 3.05) is 5.32 Å². The van der Waals surface area contributed by atoms with Gasteiger partial charge in [-0.1, -0.05) is 34.5 Å². The van der Waals surface area contributed by atoms with Crippen LogP contribution in [0.25, 0.3) is 0 Å². The fourth-order valence-corrected chi connectivity index (χ4v) is 2.39. The molecule has 18 heavy (non-hydrogen) atoms. The molecule has 5 heteroatoms. The average Bonchev–Trinajstić information content (AvgIpc) is 2.64. The maximum Gasteiger partial charge on any atom is 0.0868 e. The van der Waals surface area contributed by atoms with Crippen LogP contribution in [0.2, 0.25) is 5.02 Å². The highest BCUT2D eigenvalue weighted by molar-refractivity contribution is 9.10. The first-order valence-electron chi connectivity index (χ1n) is 5.81. The largest absolute Gasteiger partial charge is 0.379 e. The van der Waals surface area contributed by atoms with Crippen molar-refractivity contribution in [3.63, 3.8) is 0 Å². The van der Waals surface area contributed by atoms with Crippen LogP contribution in [0.5, 0.6) is 0 Å². The minimum Gasteiger partial charge on any atom is -0.379 e. The molecule has 96 valence electrons. The van der Waals surface area contributed by atoms with E-state index < -0.39 is 0 Å². The van der Waals surface area contributed by atoms with E-state index in [0.717, 1.165) is 33.0 Å². The van der Waals surface area contributed by atoms with E-state index in [4.69, 9.17) is 11.6 Å². The number of halogens is 2. The minimum absolute atomic E-state index is 0.671. The zero-order valence-electron chi connectivity index (χ0n) is 10.4. The molecular weight excluding hydrogens is 314 g/mol. The molecule has 0 saturated carbocycles. The Labute approximate surface area is 120 Å². The molecule has 2 aromatic rings. The molecule has 0 spiro atoms. The van der Waals surface area contributed by atoms with E-state index in [1.807, 2.05) is 36.0 Å². The van der Waals surface area contributed by atoms with E-state index in [-0.39, 0.29) is 0 Å². The number of nitrogens with one attached hydrogen (secondary N) is 1. The molecule has 1 aromatic carbocycles. The summed E-state index contributed by atoms with van der Waals surface area (Å²) in [6.07, 6.45) is 0.852. The minimum atomic E-state index is 0.671. The molecule has 0 aliphatic rings. The molecule has 0 amide bonds. The Morgan fingerprint density at radius 1 is 1.33 bits per heavy atom. The second kappa shape index (κ2) is 5.76. The van der Waals surface area contributed by atoms with Crippen molar-refractivity contribution in [1.82, 2.24) is 9.78 Å². The Morgan fingerprint density at radius 2 is 2.00 bits per heavy atom. The molecule has 0 unspecified atom stereocenters. The third-order valence-electron chi connectivity index (χ3n) is 2.81. The zero-order valence-corrected chi connectivity index (χ0v) is 12.7. The van der Waals surface area contributed by atoms with Crippen LogP contribution in [0.3, 0.4) is 0 Å². The van der Waals surface area contributed by atoms with Crippen LogP contribution in [-0.4, -0.2) is 9.78 Å². The molecule has 0 bridgehead atoms. The van der Waals surface area contributed by atoms with Crippen LogP contribution in [-0.2, 0) is 20.0 Å². The Kier molecular flexibility index (Phi) is 4.30. The van der Waals surface area contributed by atoms with Gasteiger partial charge in [-0.2, -0.15) is 5.10 Å². The maximum atomic E-state index is 6.29. The number of aromatic nitrogens is 2. The summed E-state index contributed by atoms with van der Waals surface area (Å²) in [7, 11) is 1.92. The summed E-state index contributed by atoms with van der Waals surface area (Å²) in [6.45, 7) is 2.73. The smallest absolute Gasteiger partial charge is 0.0868 e. The Bertz CT molecular complexity index is 534. The third-order valence-corrected chi connectivity index (χ3v) is 3.77. The molecule has 1 aromatic heterocycles. The van der Waals surface area contributed by atoms with E-state index in [1.54, 1.807) is 0 Å². The predicted molar refractivity (Wildman–Crippen MR) is 79.1 cm³/mol. The summed E-state index contributed by atoms with van der Waals surface area (Å²) < 4.78 is 2.91. The van der Waals surface area contributed by atoms with Gasteiger partial charge in [0.05, 0.1) is 23.0 Å². The van der Waals surface area contributed by atoms with Gasteiger partial charge in [0.2, 0.25) is 0 Å². The molecule has 2 rings (SSSR count). The Hall–Kier alpha value is -1.000. The van der Waals surface area contributed by atoms with E-state index in [2.05, 4.69) is 33.3 Å². The lowest BCUT2D eigenvalue weighted by atomic mass is 10.3. The van der Waals surface area contributed by atoms with Crippen molar-refractivity contribution in [3.8, 4) is 0 Å². The zero-order chi connectivity index (χ0) is 13.1. The number of anilines is 1. The van der Waals surface area contributed by atoms with Gasteiger partial charge >= 0.3 is 0 Å². The van der Waals surface area contributed by atoms with E-state index in [9.17, 15) is 0 Å². The van der Waals surface area contributed by atoms with Gasteiger partial charge in [0, 0.05) is 17.2 Å². The van der Waals surface area contributed by atoms with Crippen LogP contribution in [0.1, 0.15) is 18.3 Å². The summed E-state index contributed by atoms with van der Waals surface area (Å²) in [6, 6.07) is 8.06. The van der Waals surface area contributed by atoms with Crippen LogP contribution >= 0.6 is 27.5 Å². The molecule has 0 radical (unpaired) electrons. The lowest BCUT2D eigenvalue weighted by molar-refractivity contribution is 0.707. The first kappa shape index (κ1) is 13.4. The van der Waals surface area contributed by atoms with Crippen molar-refractivity contribution in [3.05, 3.63) is 45.1 Å². The summed E-state index contributed by atoms with van der Waals surface area (Å²) in [5, 5.41) is 8.50. The van der Waals surface area contributed by atoms with Crippen molar-refractivity contribution in [2.45, 2.75) is 19.9 Å². The Morgan fingerprint density at radius 3 is 2.56 bits per heavy atom. The average molecular weight is 329 g/mol. The van der Waals surface area contributed by atoms with Crippen molar-refractivity contribution < 1.29 is 0 Å². The summed E-state index contributed by atoms with van der Waals surface area (Å²) in [5.41, 5.74) is 3.02. The number of hydrogen-bond acceptors (Lipinski definition) is 2. The van der Waals surface area contributed by atoms with Gasteiger partial charge in [-0.25, -0.2) is 0 Å². The predicted octanol–water partition coefficient (Wildman–Crippen LogP) is 4.01. The number of aryl methyl sites for hydroxylation is 2. The molecule has 0 aliphatic heterocycles. The lowest BCUT2D eigenvalue weighted by Gasteiger charge is -2.07. The standard InChI is InChI=1S/C13H15BrClN3/c1-3-11-13(15)12(18(2)17-11)8-16-10-6-4-9(14)5-7-10/h4-7,16H,3,8H2,1-2H3. The van der Waals surface area contributed by atoms with Gasteiger partial charge in [0.25, 0.3) is 0 Å². The second-order valence-electron chi connectivity index (χ2n) is 4.04. The topological polar surface area (TPSA) is 29.9 Å². The second-order valence-corrected chi connectivity index (χ2v) is 5.34. The maximum absolute atomic E-state index is 6.29. The normalized spacial score (nSPS) is 10.7. The van der Waals surface area contributed by atoms with Crippen LogP contribution in [0, 0.1) is 0 Å². The highest BCUT2D eigenvalue weighted by atomic mass is 79.9. The number of hydrogen-bond donors (Lipinski definition) is 1. The van der Waals surface area contributed by atoms with E-state index >= 15 is 0 Å². The Balaban J connectivity index is 2.10. The molecule has 0 atom stereocenters. The quantitative estimate of drug-likeness (QED) is 0.919. The van der Waals surface area contributed by atoms with Crippen molar-refractivity contribution in [1.29, 1.82) is 0 Å². The SMILES string of the molecule is CCc1nn(C)c(CNc2ccc(Br)cc2)c1Cl. The fourth-order valence-electron chi connectivity index (χ4n) is 1.77. The van der Waals surface area contributed by atoms with Gasteiger partial charge in [-0.3, -0.25) is 4.68 Å². The number of nitrogens with zero attached hydrogens (tertiary/aromatic N) is 2. The van der Waals surface area contributed by atoms with Crippen LogP contribution in [0.15, 0.2) is 28.7 Å². The summed E-state index contributed by atoms with van der Waals surface area (Å²) >= 11 is 9.70. The van der Waals surface area contributed by atoms with E-state index in [1.165, 1.54) is 0 Å². The monoisotopic (exact) mass is 327 g/mol. The van der Waals surface area contributed by atoms with Gasteiger partial charge in [0.1, 0.15) is 0 Å². The van der Waals surface area contributed by atoms with Crippen molar-refractivity contribution in [2.24, 2.45) is 7.05 Å². The highest BCUT2D eigenvalue weighted by Gasteiger charge is 2.12. The fraction of sp³-hybridized carbons (Fsp3) is 0.308. The van der Waals surface area contributed by atoms with Crippen molar-refractivity contribution >= 4 is 33.2 Å². The van der Waals surface area contributed by atoms with Gasteiger partial charge in [-0.05, 0) is 30.7 Å². The van der Waals surface area contributed by atoms with Crippen LogP contribution in [0.4, 0.5) is 5.69 Å². The van der Waals surface area contributed by atoms with Crippen LogP contribution < -0.4 is 5.32 Å². The lowest BCUT2D eigenvalue weighted by Crippen LogP contribution is -2.05. The summed E-state index contributed by atoms with van der Waals surface area (Å²) in [5.74, 6) is 0.